The zero-order valence-corrected chi connectivity index (χ0v) is 13.7. The van der Waals surface area contributed by atoms with Crippen LogP contribution in [0.5, 0.6) is 5.75 Å². The highest BCUT2D eigenvalue weighted by Crippen LogP contribution is 2.27. The summed E-state index contributed by atoms with van der Waals surface area (Å²) in [6, 6.07) is 11.2. The lowest BCUT2D eigenvalue weighted by Gasteiger charge is -2.08. The Hall–Kier alpha value is -2.55. The standard InChI is InChI=1S/C16H16N4O3S/c1-23-13-8-15-16(19-10-13)14(6-7-18-15)12-4-2-11(3-5-12)9-20-24(17,21)22/h2-8,10,20H,9H2,1H3,(H2,17,21,22). The third kappa shape index (κ3) is 3.67. The lowest BCUT2D eigenvalue weighted by Crippen LogP contribution is -2.30. The zero-order valence-electron chi connectivity index (χ0n) is 12.9. The first-order chi connectivity index (χ1) is 11.5. The van der Waals surface area contributed by atoms with Gasteiger partial charge in [0.15, 0.2) is 0 Å². The molecule has 0 fully saturated rings. The van der Waals surface area contributed by atoms with Gasteiger partial charge in [-0.25, -0.2) is 5.14 Å². The fourth-order valence-corrected chi connectivity index (χ4v) is 2.71. The Morgan fingerprint density at radius 3 is 2.58 bits per heavy atom. The van der Waals surface area contributed by atoms with Crippen LogP contribution in [-0.2, 0) is 16.8 Å². The van der Waals surface area contributed by atoms with E-state index in [0.717, 1.165) is 27.7 Å². The molecule has 7 nitrogen and oxygen atoms in total. The molecule has 0 atom stereocenters. The lowest BCUT2D eigenvalue weighted by molar-refractivity contribution is 0.413. The molecule has 8 heteroatoms. The second-order valence-electron chi connectivity index (χ2n) is 5.16. The Morgan fingerprint density at radius 2 is 1.92 bits per heavy atom. The van der Waals surface area contributed by atoms with Crippen molar-refractivity contribution in [1.82, 2.24) is 14.7 Å². The minimum absolute atomic E-state index is 0.144. The Labute approximate surface area is 139 Å². The van der Waals surface area contributed by atoms with Crippen molar-refractivity contribution in [3.05, 3.63) is 54.4 Å². The normalized spacial score (nSPS) is 11.6. The van der Waals surface area contributed by atoms with Crippen LogP contribution in [0.1, 0.15) is 5.56 Å². The van der Waals surface area contributed by atoms with Gasteiger partial charge in [-0.05, 0) is 17.2 Å². The molecule has 3 rings (SSSR count). The van der Waals surface area contributed by atoms with Crippen molar-refractivity contribution >= 4 is 21.2 Å². The smallest absolute Gasteiger partial charge is 0.274 e. The molecule has 24 heavy (non-hydrogen) atoms. The van der Waals surface area contributed by atoms with Crippen LogP contribution in [0.2, 0.25) is 0 Å². The second kappa shape index (κ2) is 6.52. The van der Waals surface area contributed by atoms with Gasteiger partial charge < -0.3 is 4.74 Å². The highest BCUT2D eigenvalue weighted by atomic mass is 32.2. The van der Waals surface area contributed by atoms with Gasteiger partial charge in [-0.15, -0.1) is 0 Å². The van der Waals surface area contributed by atoms with E-state index in [1.54, 1.807) is 19.5 Å². The zero-order chi connectivity index (χ0) is 17.2. The fourth-order valence-electron chi connectivity index (χ4n) is 2.34. The van der Waals surface area contributed by atoms with Crippen molar-refractivity contribution in [2.24, 2.45) is 5.14 Å². The number of hydrogen-bond acceptors (Lipinski definition) is 5. The van der Waals surface area contributed by atoms with Gasteiger partial charge >= 0.3 is 0 Å². The summed E-state index contributed by atoms with van der Waals surface area (Å²) in [5, 5.41) is 4.93. The van der Waals surface area contributed by atoms with Gasteiger partial charge in [-0.2, -0.15) is 13.1 Å². The molecule has 0 bridgehead atoms. The summed E-state index contributed by atoms with van der Waals surface area (Å²) < 4.78 is 29.3. The monoisotopic (exact) mass is 344 g/mol. The predicted molar refractivity (Wildman–Crippen MR) is 91.5 cm³/mol. The maximum Gasteiger partial charge on any atom is 0.274 e. The maximum absolute atomic E-state index is 10.9. The lowest BCUT2D eigenvalue weighted by atomic mass is 10.0. The molecule has 0 saturated heterocycles. The summed E-state index contributed by atoms with van der Waals surface area (Å²) in [6.07, 6.45) is 3.37. The van der Waals surface area contributed by atoms with E-state index in [1.165, 1.54) is 0 Å². The van der Waals surface area contributed by atoms with E-state index in [-0.39, 0.29) is 6.54 Å². The van der Waals surface area contributed by atoms with E-state index in [0.29, 0.717) is 5.75 Å². The number of methoxy groups -OCH3 is 1. The number of ether oxygens (including phenoxy) is 1. The first-order valence-electron chi connectivity index (χ1n) is 7.12. The maximum atomic E-state index is 10.9. The first kappa shape index (κ1) is 16.3. The third-order valence-corrected chi connectivity index (χ3v) is 4.08. The van der Waals surface area contributed by atoms with Gasteiger partial charge in [0.25, 0.3) is 10.2 Å². The van der Waals surface area contributed by atoms with Crippen molar-refractivity contribution in [3.8, 4) is 16.9 Å². The molecule has 1 aromatic carbocycles. The highest BCUT2D eigenvalue weighted by Gasteiger charge is 2.08. The molecule has 0 saturated carbocycles. The number of benzene rings is 1. The molecule has 2 aromatic heterocycles. The van der Waals surface area contributed by atoms with Gasteiger partial charge in [0.1, 0.15) is 5.75 Å². The van der Waals surface area contributed by atoms with Crippen LogP contribution in [0, 0.1) is 0 Å². The van der Waals surface area contributed by atoms with Gasteiger partial charge in [-0.3, -0.25) is 9.97 Å². The molecule has 124 valence electrons. The number of pyridine rings is 2. The van der Waals surface area contributed by atoms with Crippen molar-refractivity contribution in [1.29, 1.82) is 0 Å². The molecule has 0 spiro atoms. The highest BCUT2D eigenvalue weighted by molar-refractivity contribution is 7.87. The van der Waals surface area contributed by atoms with E-state index in [2.05, 4.69) is 14.7 Å². The quantitative estimate of drug-likeness (QED) is 0.731. The summed E-state index contributed by atoms with van der Waals surface area (Å²) in [4.78, 5) is 8.74. The van der Waals surface area contributed by atoms with Crippen LogP contribution >= 0.6 is 0 Å². The summed E-state index contributed by atoms with van der Waals surface area (Å²) in [6.45, 7) is 0.144. The number of nitrogens with two attached hydrogens (primary N) is 1. The minimum Gasteiger partial charge on any atom is -0.495 e. The number of aromatic nitrogens is 2. The minimum atomic E-state index is -3.70. The largest absolute Gasteiger partial charge is 0.495 e. The molecule has 0 aliphatic heterocycles. The summed E-state index contributed by atoms with van der Waals surface area (Å²) >= 11 is 0. The van der Waals surface area contributed by atoms with Gasteiger partial charge in [0, 0.05) is 24.4 Å². The second-order valence-corrected chi connectivity index (χ2v) is 6.54. The van der Waals surface area contributed by atoms with Crippen molar-refractivity contribution in [2.45, 2.75) is 6.54 Å². The van der Waals surface area contributed by atoms with Gasteiger partial charge in [0.05, 0.1) is 24.3 Å². The molecule has 0 aliphatic rings. The molecule has 0 unspecified atom stereocenters. The molecule has 0 aliphatic carbocycles. The topological polar surface area (TPSA) is 107 Å². The SMILES string of the molecule is COc1cnc2c(-c3ccc(CNS(N)(=O)=O)cc3)ccnc2c1. The van der Waals surface area contributed by atoms with Crippen LogP contribution in [0.25, 0.3) is 22.2 Å². The van der Waals surface area contributed by atoms with Crippen molar-refractivity contribution < 1.29 is 13.2 Å². The van der Waals surface area contributed by atoms with Crippen LogP contribution < -0.4 is 14.6 Å². The van der Waals surface area contributed by atoms with Crippen molar-refractivity contribution in [2.75, 3.05) is 7.11 Å². The molecule has 0 radical (unpaired) electrons. The number of hydrogen-bond donors (Lipinski definition) is 2. The number of nitrogens with one attached hydrogen (secondary N) is 1. The number of fused-ring (bicyclic) bond motifs is 1. The van der Waals surface area contributed by atoms with E-state index in [9.17, 15) is 8.42 Å². The van der Waals surface area contributed by atoms with E-state index in [1.807, 2.05) is 36.4 Å². The van der Waals surface area contributed by atoms with Crippen LogP contribution in [-0.4, -0.2) is 25.5 Å². The van der Waals surface area contributed by atoms with E-state index in [4.69, 9.17) is 9.88 Å². The third-order valence-electron chi connectivity index (χ3n) is 3.53. The summed E-state index contributed by atoms with van der Waals surface area (Å²) in [5.41, 5.74) is 4.22. The molecule has 3 aromatic rings. The molecule has 3 N–H and O–H groups in total. The molecule has 2 heterocycles. The Balaban J connectivity index is 1.93. The fraction of sp³-hybridized carbons (Fsp3) is 0.125. The molecule has 0 amide bonds. The summed E-state index contributed by atoms with van der Waals surface area (Å²) in [5.74, 6) is 0.650. The number of nitrogens with zero attached hydrogens (tertiary/aromatic N) is 2. The average molecular weight is 344 g/mol. The average Bonchev–Trinajstić information content (AvgIpc) is 2.59. The molecular weight excluding hydrogens is 328 g/mol. The van der Waals surface area contributed by atoms with E-state index < -0.39 is 10.2 Å². The van der Waals surface area contributed by atoms with Gasteiger partial charge in [0.2, 0.25) is 0 Å². The van der Waals surface area contributed by atoms with Crippen LogP contribution in [0.15, 0.2) is 48.8 Å². The summed E-state index contributed by atoms with van der Waals surface area (Å²) in [7, 11) is -2.12. The Bertz CT molecular complexity index is 972. The van der Waals surface area contributed by atoms with Crippen molar-refractivity contribution in [3.63, 3.8) is 0 Å². The first-order valence-corrected chi connectivity index (χ1v) is 8.66. The predicted octanol–water partition coefficient (Wildman–Crippen LogP) is 1.60. The van der Waals surface area contributed by atoms with Crippen LogP contribution in [0.4, 0.5) is 0 Å². The van der Waals surface area contributed by atoms with Crippen LogP contribution in [0.3, 0.4) is 0 Å². The molecular formula is C16H16N4O3S. The number of rotatable bonds is 5. The Morgan fingerprint density at radius 1 is 1.17 bits per heavy atom. The van der Waals surface area contributed by atoms with Gasteiger partial charge in [-0.1, -0.05) is 24.3 Å². The van der Waals surface area contributed by atoms with E-state index >= 15 is 0 Å². The Kier molecular flexibility index (Phi) is 4.43.